The van der Waals surface area contributed by atoms with Crippen LogP contribution in [0.3, 0.4) is 0 Å². The van der Waals surface area contributed by atoms with E-state index in [2.05, 4.69) is 116 Å². The lowest BCUT2D eigenvalue weighted by Crippen LogP contribution is -2.32. The molecule has 5 aromatic carbocycles. The van der Waals surface area contributed by atoms with E-state index in [-0.39, 0.29) is 5.41 Å². The minimum Gasteiger partial charge on any atom is -0.310 e. The third-order valence-electron chi connectivity index (χ3n) is 10.4. The van der Waals surface area contributed by atoms with E-state index in [4.69, 9.17) is 4.98 Å². The Morgan fingerprint density at radius 1 is 0.553 bits per heavy atom. The molecule has 0 atom stereocenters. The highest BCUT2D eigenvalue weighted by Crippen LogP contribution is 2.54. The number of benzene rings is 5. The van der Waals surface area contributed by atoms with Crippen molar-refractivity contribution in [3.8, 4) is 5.69 Å². The van der Waals surface area contributed by atoms with Crippen molar-refractivity contribution in [3.63, 3.8) is 0 Å². The van der Waals surface area contributed by atoms with Crippen LogP contribution in [0.25, 0.3) is 27.6 Å². The Hall–Kier alpha value is -5.20. The first kappa shape index (κ1) is 28.1. The number of sulfone groups is 1. The number of hydrogen-bond donors (Lipinski definition) is 0. The molecule has 0 fully saturated rings. The Morgan fingerprint density at radius 3 is 1.77 bits per heavy atom. The van der Waals surface area contributed by atoms with Crippen molar-refractivity contribution in [1.82, 2.24) is 9.55 Å². The van der Waals surface area contributed by atoms with Crippen LogP contribution in [0.4, 0.5) is 17.1 Å². The van der Waals surface area contributed by atoms with Crippen molar-refractivity contribution in [2.75, 3.05) is 4.90 Å². The summed E-state index contributed by atoms with van der Waals surface area (Å²) in [5.74, 6) is 0. The van der Waals surface area contributed by atoms with E-state index in [1.54, 1.807) is 6.07 Å². The van der Waals surface area contributed by atoms with Crippen molar-refractivity contribution in [2.24, 2.45) is 0 Å². The van der Waals surface area contributed by atoms with Crippen LogP contribution in [-0.2, 0) is 20.7 Å². The minimum absolute atomic E-state index is 0.182. The van der Waals surface area contributed by atoms with Crippen LogP contribution in [0.15, 0.2) is 137 Å². The number of rotatable bonds is 2. The van der Waals surface area contributed by atoms with Gasteiger partial charge in [-0.1, -0.05) is 82.3 Å². The van der Waals surface area contributed by atoms with Gasteiger partial charge in [-0.25, -0.2) is 8.42 Å². The van der Waals surface area contributed by atoms with Crippen LogP contribution in [0.1, 0.15) is 49.9 Å². The summed E-state index contributed by atoms with van der Waals surface area (Å²) in [4.78, 5) is 7.71. The fourth-order valence-electron chi connectivity index (χ4n) is 8.03. The smallest absolute Gasteiger partial charge is 0.207 e. The Bertz CT molecular complexity index is 2460. The Balaban J connectivity index is 1.26. The Labute approximate surface area is 274 Å². The summed E-state index contributed by atoms with van der Waals surface area (Å²) in [6.07, 6.45) is 1.82. The van der Waals surface area contributed by atoms with E-state index >= 15 is 0 Å². The van der Waals surface area contributed by atoms with E-state index < -0.39 is 15.3 Å². The topological polar surface area (TPSA) is 55.2 Å². The van der Waals surface area contributed by atoms with Gasteiger partial charge in [-0.3, -0.25) is 4.98 Å². The molecule has 2 aliphatic heterocycles. The van der Waals surface area contributed by atoms with Crippen molar-refractivity contribution >= 4 is 48.8 Å². The van der Waals surface area contributed by atoms with Gasteiger partial charge in [-0.05, 0) is 89.0 Å². The van der Waals surface area contributed by atoms with Crippen molar-refractivity contribution in [2.45, 2.75) is 48.3 Å². The number of pyridine rings is 1. The van der Waals surface area contributed by atoms with Crippen molar-refractivity contribution in [1.29, 1.82) is 0 Å². The fourth-order valence-corrected chi connectivity index (χ4v) is 9.97. The lowest BCUT2D eigenvalue weighted by Gasteiger charge is -2.42. The third-order valence-corrected chi connectivity index (χ3v) is 12.3. The van der Waals surface area contributed by atoms with Crippen LogP contribution in [-0.4, -0.2) is 18.0 Å². The lowest BCUT2D eigenvalue weighted by molar-refractivity contribution is 0.555. The summed E-state index contributed by atoms with van der Waals surface area (Å²) < 4.78 is 30.9. The summed E-state index contributed by atoms with van der Waals surface area (Å²) in [6, 6.07) is 41.0. The Kier molecular flexibility index (Phi) is 5.63. The number of para-hydroxylation sites is 3. The molecule has 0 amide bonds. The summed E-state index contributed by atoms with van der Waals surface area (Å²) in [7, 11) is -3.77. The van der Waals surface area contributed by atoms with E-state index in [9.17, 15) is 8.42 Å². The van der Waals surface area contributed by atoms with Gasteiger partial charge in [0.25, 0.3) is 0 Å². The first-order chi connectivity index (χ1) is 22.6. The zero-order chi connectivity index (χ0) is 32.3. The predicted molar refractivity (Wildman–Crippen MR) is 189 cm³/mol. The summed E-state index contributed by atoms with van der Waals surface area (Å²) in [6.45, 7) is 8.82. The van der Waals surface area contributed by atoms with Crippen molar-refractivity contribution < 1.29 is 8.42 Å². The second-order valence-corrected chi connectivity index (χ2v) is 15.6. The molecule has 0 bridgehead atoms. The van der Waals surface area contributed by atoms with Crippen LogP contribution < -0.4 is 4.90 Å². The minimum atomic E-state index is -3.77. The number of anilines is 3. The van der Waals surface area contributed by atoms with E-state index in [0.717, 1.165) is 55.8 Å². The van der Waals surface area contributed by atoms with Crippen LogP contribution >= 0.6 is 0 Å². The number of aromatic nitrogens is 2. The fraction of sp³-hybridized carbons (Fsp3) is 0.146. The monoisotopic (exact) mass is 631 g/mol. The zero-order valence-corrected chi connectivity index (χ0v) is 27.5. The van der Waals surface area contributed by atoms with Gasteiger partial charge in [0.05, 0.1) is 37.7 Å². The van der Waals surface area contributed by atoms with E-state index in [0.29, 0.717) is 9.79 Å². The molecule has 2 aromatic heterocycles. The largest absolute Gasteiger partial charge is 0.310 e. The molecular formula is C41H33N3O2S. The first-order valence-electron chi connectivity index (χ1n) is 16.0. The van der Waals surface area contributed by atoms with Crippen LogP contribution in [0.5, 0.6) is 0 Å². The highest BCUT2D eigenvalue weighted by molar-refractivity contribution is 7.91. The van der Waals surface area contributed by atoms with Gasteiger partial charge in [-0.2, -0.15) is 0 Å². The van der Waals surface area contributed by atoms with Gasteiger partial charge in [-0.15, -0.1) is 0 Å². The summed E-state index contributed by atoms with van der Waals surface area (Å²) in [5, 5.41) is 1.06. The first-order valence-corrected chi connectivity index (χ1v) is 17.5. The lowest BCUT2D eigenvalue weighted by atomic mass is 9.73. The molecular weight excluding hydrogens is 599 g/mol. The predicted octanol–water partition coefficient (Wildman–Crippen LogP) is 9.76. The molecule has 4 heterocycles. The van der Waals surface area contributed by atoms with E-state index in [1.807, 2.05) is 42.6 Å². The highest BCUT2D eigenvalue weighted by atomic mass is 32.2. The number of fused-ring (bicyclic) bond motifs is 7. The average Bonchev–Trinajstić information content (AvgIpc) is 3.42. The maximum Gasteiger partial charge on any atom is 0.207 e. The molecule has 0 aliphatic carbocycles. The molecule has 0 saturated carbocycles. The molecule has 47 heavy (non-hydrogen) atoms. The average molecular weight is 632 g/mol. The molecule has 7 aromatic rings. The second kappa shape index (κ2) is 9.43. The quantitative estimate of drug-likeness (QED) is 0.191. The highest BCUT2D eigenvalue weighted by Gasteiger charge is 2.42. The SMILES string of the molecule is CC1(C)c2ccccc2N(c2ccc3c(c2)C(C)(C)c2cc(-n4c5ccccc5c5ncccc54)ccc2S3(=O)=O)c2ccccc21. The van der Waals surface area contributed by atoms with Gasteiger partial charge in [0.2, 0.25) is 9.84 Å². The van der Waals surface area contributed by atoms with Gasteiger partial charge in [0.1, 0.15) is 0 Å². The summed E-state index contributed by atoms with van der Waals surface area (Å²) >= 11 is 0. The van der Waals surface area contributed by atoms with Gasteiger partial charge < -0.3 is 9.47 Å². The summed E-state index contributed by atoms with van der Waals surface area (Å²) in [5.41, 5.74) is 10.3. The normalized spacial score (nSPS) is 16.7. The molecule has 6 heteroatoms. The van der Waals surface area contributed by atoms with Crippen LogP contribution in [0, 0.1) is 0 Å². The van der Waals surface area contributed by atoms with Gasteiger partial charge in [0.15, 0.2) is 0 Å². The molecule has 0 radical (unpaired) electrons. The van der Waals surface area contributed by atoms with Gasteiger partial charge >= 0.3 is 0 Å². The number of nitrogens with zero attached hydrogens (tertiary/aromatic N) is 3. The number of hydrogen-bond acceptors (Lipinski definition) is 4. The second-order valence-electron chi connectivity index (χ2n) is 13.7. The molecule has 0 unspecified atom stereocenters. The standard InChI is InChI=1S/C41H33N3O2S/c1-40(2)29-13-6-9-16-34(29)44(35-17-10-7-14-30(35)40)27-20-22-38-32(25-27)41(3,4)31-24-26(19-21-37(31)47(38,45)46)43-33-15-8-5-12-28(33)39-36(43)18-11-23-42-39/h5-25H,1-4H3. The zero-order valence-electron chi connectivity index (χ0n) is 26.7. The third kappa shape index (κ3) is 3.70. The molecule has 0 N–H and O–H groups in total. The molecule has 9 rings (SSSR count). The maximum atomic E-state index is 14.3. The van der Waals surface area contributed by atoms with E-state index in [1.165, 1.54) is 11.1 Å². The molecule has 2 aliphatic rings. The van der Waals surface area contributed by atoms with Crippen LogP contribution in [0.2, 0.25) is 0 Å². The van der Waals surface area contributed by atoms with Gasteiger partial charge in [0, 0.05) is 33.8 Å². The van der Waals surface area contributed by atoms with Crippen molar-refractivity contribution in [3.05, 3.63) is 150 Å². The molecule has 0 spiro atoms. The molecule has 5 nitrogen and oxygen atoms in total. The maximum absolute atomic E-state index is 14.3. The Morgan fingerprint density at radius 2 is 1.09 bits per heavy atom. The molecule has 0 saturated heterocycles. The molecule has 230 valence electrons.